The molecular weight excluding hydrogens is 260 g/mol. The number of hydrogen-bond acceptors (Lipinski definition) is 3. The number of urea groups is 1. The number of benzene rings is 1. The highest BCUT2D eigenvalue weighted by atomic mass is 16.4. The highest BCUT2D eigenvalue weighted by molar-refractivity contribution is 5.92. The summed E-state index contributed by atoms with van der Waals surface area (Å²) < 4.78 is 0. The standard InChI is InChI=1S/C14H18N2O4/c1-16(9-4-2-5-10(17)8-9)14(20)15-12-7-3-6-11(12)13(18)19/h2,4-5,8,11-12,17H,3,6-7H2,1H3,(H,15,20)(H,18,19). The zero-order valence-corrected chi connectivity index (χ0v) is 11.2. The highest BCUT2D eigenvalue weighted by Crippen LogP contribution is 2.26. The van der Waals surface area contributed by atoms with E-state index in [1.54, 1.807) is 19.2 Å². The van der Waals surface area contributed by atoms with Crippen molar-refractivity contribution >= 4 is 17.7 Å². The van der Waals surface area contributed by atoms with Gasteiger partial charge in [0, 0.05) is 24.8 Å². The molecule has 1 fully saturated rings. The highest BCUT2D eigenvalue weighted by Gasteiger charge is 2.34. The largest absolute Gasteiger partial charge is 0.508 e. The summed E-state index contributed by atoms with van der Waals surface area (Å²) in [5.74, 6) is -1.31. The number of carboxylic acid groups (broad SMARTS) is 1. The van der Waals surface area contributed by atoms with Crippen LogP contribution in [0.25, 0.3) is 0 Å². The molecule has 20 heavy (non-hydrogen) atoms. The lowest BCUT2D eigenvalue weighted by Crippen LogP contribution is -2.46. The molecule has 0 spiro atoms. The molecule has 1 aromatic carbocycles. The summed E-state index contributed by atoms with van der Waals surface area (Å²) in [5, 5.41) is 21.2. The van der Waals surface area contributed by atoms with Crippen LogP contribution >= 0.6 is 0 Å². The van der Waals surface area contributed by atoms with E-state index in [9.17, 15) is 14.7 Å². The molecule has 0 radical (unpaired) electrons. The number of phenolic OH excluding ortho intramolecular Hbond substituents is 1. The summed E-state index contributed by atoms with van der Waals surface area (Å²) in [5.41, 5.74) is 0.548. The van der Waals surface area contributed by atoms with Gasteiger partial charge in [-0.15, -0.1) is 0 Å². The summed E-state index contributed by atoms with van der Waals surface area (Å²) in [6.45, 7) is 0. The van der Waals surface area contributed by atoms with Crippen LogP contribution in [0.4, 0.5) is 10.5 Å². The normalized spacial score (nSPS) is 21.4. The molecular formula is C14H18N2O4. The zero-order chi connectivity index (χ0) is 14.7. The SMILES string of the molecule is CN(C(=O)NC1CCCC1C(=O)O)c1cccc(O)c1. The molecule has 6 nitrogen and oxygen atoms in total. The minimum atomic E-state index is -0.868. The van der Waals surface area contributed by atoms with E-state index in [1.165, 1.54) is 17.0 Å². The van der Waals surface area contributed by atoms with Gasteiger partial charge in [-0.25, -0.2) is 4.79 Å². The van der Waals surface area contributed by atoms with E-state index < -0.39 is 11.9 Å². The summed E-state index contributed by atoms with van der Waals surface area (Å²) in [6, 6.07) is 5.64. The van der Waals surface area contributed by atoms with Crippen LogP contribution in [0.3, 0.4) is 0 Å². The Bertz CT molecular complexity index is 518. The van der Waals surface area contributed by atoms with Gasteiger partial charge in [-0.05, 0) is 25.0 Å². The van der Waals surface area contributed by atoms with Crippen LogP contribution in [0.2, 0.25) is 0 Å². The van der Waals surface area contributed by atoms with Crippen molar-refractivity contribution in [1.29, 1.82) is 0 Å². The van der Waals surface area contributed by atoms with Gasteiger partial charge in [0.25, 0.3) is 0 Å². The molecule has 2 unspecified atom stereocenters. The molecule has 108 valence electrons. The maximum absolute atomic E-state index is 12.1. The van der Waals surface area contributed by atoms with Gasteiger partial charge < -0.3 is 15.5 Å². The van der Waals surface area contributed by atoms with Gasteiger partial charge in [0.05, 0.1) is 5.92 Å². The number of rotatable bonds is 3. The quantitative estimate of drug-likeness (QED) is 0.786. The Labute approximate surface area is 117 Å². The van der Waals surface area contributed by atoms with Crippen LogP contribution in [0.1, 0.15) is 19.3 Å². The number of anilines is 1. The summed E-state index contributed by atoms with van der Waals surface area (Å²) >= 11 is 0. The van der Waals surface area contributed by atoms with E-state index >= 15 is 0 Å². The molecule has 1 aliphatic rings. The van der Waals surface area contributed by atoms with Gasteiger partial charge >= 0.3 is 12.0 Å². The second-order valence-corrected chi connectivity index (χ2v) is 5.01. The fourth-order valence-corrected chi connectivity index (χ4v) is 2.50. The van der Waals surface area contributed by atoms with Crippen molar-refractivity contribution in [2.75, 3.05) is 11.9 Å². The van der Waals surface area contributed by atoms with Gasteiger partial charge in [0.1, 0.15) is 5.75 Å². The second-order valence-electron chi connectivity index (χ2n) is 5.01. The number of nitrogens with one attached hydrogen (secondary N) is 1. The van der Waals surface area contributed by atoms with Crippen LogP contribution in [0.5, 0.6) is 5.75 Å². The minimum Gasteiger partial charge on any atom is -0.508 e. The summed E-state index contributed by atoms with van der Waals surface area (Å²) in [7, 11) is 1.58. The third-order valence-electron chi connectivity index (χ3n) is 3.66. The first-order valence-electron chi connectivity index (χ1n) is 6.55. The molecule has 1 aliphatic carbocycles. The first-order valence-corrected chi connectivity index (χ1v) is 6.55. The molecule has 1 aromatic rings. The summed E-state index contributed by atoms with van der Waals surface area (Å²) in [6.07, 6.45) is 2.07. The van der Waals surface area contributed by atoms with E-state index in [4.69, 9.17) is 5.11 Å². The van der Waals surface area contributed by atoms with Crippen LogP contribution in [-0.4, -0.2) is 35.3 Å². The van der Waals surface area contributed by atoms with Gasteiger partial charge in [-0.2, -0.15) is 0 Å². The zero-order valence-electron chi connectivity index (χ0n) is 11.2. The first-order chi connectivity index (χ1) is 9.49. The number of aliphatic carboxylic acids is 1. The number of carboxylic acids is 1. The minimum absolute atomic E-state index is 0.0754. The fraction of sp³-hybridized carbons (Fsp3) is 0.429. The lowest BCUT2D eigenvalue weighted by atomic mass is 10.0. The molecule has 2 atom stereocenters. The predicted molar refractivity (Wildman–Crippen MR) is 73.8 cm³/mol. The number of phenols is 1. The molecule has 1 saturated carbocycles. The Kier molecular flexibility index (Phi) is 4.12. The number of carbonyl (C=O) groups excluding carboxylic acids is 1. The van der Waals surface area contributed by atoms with Crippen molar-refractivity contribution in [2.24, 2.45) is 5.92 Å². The Morgan fingerprint density at radius 2 is 2.10 bits per heavy atom. The van der Waals surface area contributed by atoms with Crippen molar-refractivity contribution < 1.29 is 19.8 Å². The maximum Gasteiger partial charge on any atom is 0.321 e. The van der Waals surface area contributed by atoms with Gasteiger partial charge in [-0.3, -0.25) is 9.69 Å². The molecule has 2 amide bonds. The number of hydrogen-bond donors (Lipinski definition) is 3. The first kappa shape index (κ1) is 14.2. The number of amides is 2. The van der Waals surface area contributed by atoms with Crippen molar-refractivity contribution in [3.63, 3.8) is 0 Å². The molecule has 0 heterocycles. The number of aromatic hydroxyl groups is 1. The average Bonchev–Trinajstić information content (AvgIpc) is 2.86. The third kappa shape index (κ3) is 3.01. The fourth-order valence-electron chi connectivity index (χ4n) is 2.50. The van der Waals surface area contributed by atoms with E-state index in [-0.39, 0.29) is 17.8 Å². The van der Waals surface area contributed by atoms with Gasteiger partial charge in [0.15, 0.2) is 0 Å². The molecule has 0 aromatic heterocycles. The van der Waals surface area contributed by atoms with Crippen molar-refractivity contribution in [2.45, 2.75) is 25.3 Å². The molecule has 2 rings (SSSR count). The molecule has 0 aliphatic heterocycles. The molecule has 0 bridgehead atoms. The van der Waals surface area contributed by atoms with Crippen molar-refractivity contribution in [1.82, 2.24) is 5.32 Å². The van der Waals surface area contributed by atoms with Crippen molar-refractivity contribution in [3.05, 3.63) is 24.3 Å². The van der Waals surface area contributed by atoms with E-state index in [0.29, 0.717) is 18.5 Å². The van der Waals surface area contributed by atoms with Crippen LogP contribution in [-0.2, 0) is 4.79 Å². The topological polar surface area (TPSA) is 89.9 Å². The summed E-state index contributed by atoms with van der Waals surface area (Å²) in [4.78, 5) is 24.6. The van der Waals surface area contributed by atoms with Gasteiger partial charge in [-0.1, -0.05) is 12.5 Å². The maximum atomic E-state index is 12.1. The number of nitrogens with zero attached hydrogens (tertiary/aromatic N) is 1. The predicted octanol–water partition coefficient (Wildman–Crippen LogP) is 1.79. The third-order valence-corrected chi connectivity index (χ3v) is 3.66. The molecule has 0 saturated heterocycles. The smallest absolute Gasteiger partial charge is 0.321 e. The van der Waals surface area contributed by atoms with Crippen LogP contribution < -0.4 is 10.2 Å². The Morgan fingerprint density at radius 3 is 2.75 bits per heavy atom. The Hall–Kier alpha value is -2.24. The molecule has 3 N–H and O–H groups in total. The van der Waals surface area contributed by atoms with E-state index in [1.807, 2.05) is 0 Å². The van der Waals surface area contributed by atoms with E-state index in [0.717, 1.165) is 6.42 Å². The van der Waals surface area contributed by atoms with E-state index in [2.05, 4.69) is 5.32 Å². The lowest BCUT2D eigenvalue weighted by molar-refractivity contribution is -0.142. The molecule has 6 heteroatoms. The van der Waals surface area contributed by atoms with Gasteiger partial charge in [0.2, 0.25) is 0 Å². The average molecular weight is 278 g/mol. The Morgan fingerprint density at radius 1 is 1.35 bits per heavy atom. The second kappa shape index (κ2) is 5.81. The van der Waals surface area contributed by atoms with Crippen molar-refractivity contribution in [3.8, 4) is 5.75 Å². The Balaban J connectivity index is 2.03. The lowest BCUT2D eigenvalue weighted by Gasteiger charge is -2.23. The van der Waals surface area contributed by atoms with Crippen LogP contribution in [0, 0.1) is 5.92 Å². The number of carbonyl (C=O) groups is 2. The van der Waals surface area contributed by atoms with Crippen LogP contribution in [0.15, 0.2) is 24.3 Å². The monoisotopic (exact) mass is 278 g/mol.